The molecular formula is C10H13F2NO2. The molecular weight excluding hydrogens is 204 g/mol. The SMILES string of the molecule is COc1cc(CCN)ccc1OC(F)F. The Hall–Kier alpha value is -1.36. The van der Waals surface area contributed by atoms with Gasteiger partial charge in [-0.3, -0.25) is 0 Å². The van der Waals surface area contributed by atoms with Crippen molar-refractivity contribution in [1.82, 2.24) is 0 Å². The maximum absolute atomic E-state index is 12.0. The molecule has 0 fully saturated rings. The van der Waals surface area contributed by atoms with Crippen molar-refractivity contribution in [2.45, 2.75) is 13.0 Å². The number of hydrogen-bond donors (Lipinski definition) is 1. The normalized spacial score (nSPS) is 10.5. The van der Waals surface area contributed by atoms with Crippen LogP contribution in [0.2, 0.25) is 0 Å². The molecule has 0 atom stereocenters. The van der Waals surface area contributed by atoms with Gasteiger partial charge in [-0.15, -0.1) is 0 Å². The van der Waals surface area contributed by atoms with Gasteiger partial charge in [0.05, 0.1) is 7.11 Å². The van der Waals surface area contributed by atoms with Crippen LogP contribution >= 0.6 is 0 Å². The molecule has 0 spiro atoms. The van der Waals surface area contributed by atoms with Crippen LogP contribution < -0.4 is 15.2 Å². The van der Waals surface area contributed by atoms with Gasteiger partial charge in [0.2, 0.25) is 0 Å². The van der Waals surface area contributed by atoms with Crippen LogP contribution in [-0.2, 0) is 6.42 Å². The molecule has 5 heteroatoms. The predicted octanol–water partition coefficient (Wildman–Crippen LogP) is 1.80. The molecule has 1 rings (SSSR count). The van der Waals surface area contributed by atoms with Gasteiger partial charge in [-0.1, -0.05) is 6.07 Å². The van der Waals surface area contributed by atoms with E-state index >= 15 is 0 Å². The van der Waals surface area contributed by atoms with Crippen molar-refractivity contribution in [2.24, 2.45) is 5.73 Å². The van der Waals surface area contributed by atoms with Gasteiger partial charge in [0.15, 0.2) is 11.5 Å². The molecule has 3 nitrogen and oxygen atoms in total. The lowest BCUT2D eigenvalue weighted by Gasteiger charge is -2.10. The zero-order valence-corrected chi connectivity index (χ0v) is 8.37. The first-order chi connectivity index (χ1) is 7.17. The van der Waals surface area contributed by atoms with Crippen molar-refractivity contribution in [3.8, 4) is 11.5 Å². The van der Waals surface area contributed by atoms with Crippen LogP contribution in [0.15, 0.2) is 18.2 Å². The molecule has 0 heterocycles. The van der Waals surface area contributed by atoms with Crippen LogP contribution in [0.25, 0.3) is 0 Å². The van der Waals surface area contributed by atoms with E-state index in [1.54, 1.807) is 12.1 Å². The molecule has 0 saturated heterocycles. The summed E-state index contributed by atoms with van der Waals surface area (Å²) in [6.45, 7) is -2.35. The standard InChI is InChI=1S/C10H13F2NO2/c1-14-9-6-7(4-5-13)2-3-8(9)15-10(11)12/h2-3,6,10H,4-5,13H2,1H3. The first-order valence-electron chi connectivity index (χ1n) is 4.49. The predicted molar refractivity (Wildman–Crippen MR) is 52.4 cm³/mol. The van der Waals surface area contributed by atoms with E-state index < -0.39 is 6.61 Å². The molecule has 0 aliphatic carbocycles. The molecule has 15 heavy (non-hydrogen) atoms. The molecule has 0 aliphatic rings. The third kappa shape index (κ3) is 3.36. The third-order valence-electron chi connectivity index (χ3n) is 1.88. The number of methoxy groups -OCH3 is 1. The van der Waals surface area contributed by atoms with Crippen LogP contribution in [0, 0.1) is 0 Å². The van der Waals surface area contributed by atoms with E-state index in [4.69, 9.17) is 10.5 Å². The zero-order valence-electron chi connectivity index (χ0n) is 8.37. The van der Waals surface area contributed by atoms with Gasteiger partial charge in [-0.2, -0.15) is 8.78 Å². The van der Waals surface area contributed by atoms with Crippen molar-refractivity contribution in [3.05, 3.63) is 23.8 Å². The lowest BCUT2D eigenvalue weighted by molar-refractivity contribution is -0.0512. The van der Waals surface area contributed by atoms with Crippen LogP contribution in [-0.4, -0.2) is 20.3 Å². The monoisotopic (exact) mass is 217 g/mol. The van der Waals surface area contributed by atoms with Crippen molar-refractivity contribution in [3.63, 3.8) is 0 Å². The summed E-state index contributed by atoms with van der Waals surface area (Å²) in [5.41, 5.74) is 6.31. The van der Waals surface area contributed by atoms with E-state index in [0.29, 0.717) is 18.7 Å². The Morgan fingerprint density at radius 2 is 2.07 bits per heavy atom. The van der Waals surface area contributed by atoms with Crippen LogP contribution in [0.5, 0.6) is 11.5 Å². The van der Waals surface area contributed by atoms with E-state index in [1.165, 1.54) is 13.2 Å². The van der Waals surface area contributed by atoms with E-state index in [2.05, 4.69) is 4.74 Å². The zero-order chi connectivity index (χ0) is 11.3. The molecule has 0 unspecified atom stereocenters. The highest BCUT2D eigenvalue weighted by Crippen LogP contribution is 2.29. The Morgan fingerprint density at radius 3 is 2.60 bits per heavy atom. The molecule has 0 aromatic heterocycles. The van der Waals surface area contributed by atoms with E-state index in [-0.39, 0.29) is 5.75 Å². The summed E-state index contributed by atoms with van der Waals surface area (Å²) in [7, 11) is 1.40. The smallest absolute Gasteiger partial charge is 0.387 e. The quantitative estimate of drug-likeness (QED) is 0.817. The van der Waals surface area contributed by atoms with Crippen molar-refractivity contribution >= 4 is 0 Å². The van der Waals surface area contributed by atoms with Crippen LogP contribution in [0.1, 0.15) is 5.56 Å². The Labute approximate surface area is 86.8 Å². The Balaban J connectivity index is 2.88. The van der Waals surface area contributed by atoms with Crippen LogP contribution in [0.3, 0.4) is 0 Å². The summed E-state index contributed by atoms with van der Waals surface area (Å²) < 4.78 is 33.2. The summed E-state index contributed by atoms with van der Waals surface area (Å²) in [6.07, 6.45) is 0.672. The van der Waals surface area contributed by atoms with E-state index in [9.17, 15) is 8.78 Å². The number of rotatable bonds is 5. The minimum Gasteiger partial charge on any atom is -0.493 e. The number of hydrogen-bond acceptors (Lipinski definition) is 3. The van der Waals surface area contributed by atoms with Crippen molar-refractivity contribution in [1.29, 1.82) is 0 Å². The highest BCUT2D eigenvalue weighted by Gasteiger charge is 2.10. The second-order valence-electron chi connectivity index (χ2n) is 2.90. The van der Waals surface area contributed by atoms with Gasteiger partial charge >= 0.3 is 6.61 Å². The fraction of sp³-hybridized carbons (Fsp3) is 0.400. The highest BCUT2D eigenvalue weighted by molar-refractivity contribution is 5.43. The number of alkyl halides is 2. The minimum absolute atomic E-state index is 0.0354. The Kier molecular flexibility index (Phi) is 4.30. The largest absolute Gasteiger partial charge is 0.493 e. The lowest BCUT2D eigenvalue weighted by Crippen LogP contribution is -2.05. The van der Waals surface area contributed by atoms with Gasteiger partial charge in [0.1, 0.15) is 0 Å². The van der Waals surface area contributed by atoms with Gasteiger partial charge in [-0.25, -0.2) is 0 Å². The molecule has 0 amide bonds. The number of benzene rings is 1. The molecule has 84 valence electrons. The highest BCUT2D eigenvalue weighted by atomic mass is 19.3. The number of ether oxygens (including phenoxy) is 2. The average Bonchev–Trinajstić information content (AvgIpc) is 2.20. The maximum Gasteiger partial charge on any atom is 0.387 e. The van der Waals surface area contributed by atoms with Gasteiger partial charge in [0, 0.05) is 0 Å². The molecule has 0 aliphatic heterocycles. The molecule has 2 N–H and O–H groups in total. The number of nitrogens with two attached hydrogens (primary N) is 1. The third-order valence-corrected chi connectivity index (χ3v) is 1.88. The van der Waals surface area contributed by atoms with Gasteiger partial charge in [-0.05, 0) is 30.7 Å². The lowest BCUT2D eigenvalue weighted by atomic mass is 10.1. The molecule has 1 aromatic carbocycles. The first kappa shape index (κ1) is 11.7. The minimum atomic E-state index is -2.85. The summed E-state index contributed by atoms with van der Waals surface area (Å²) in [4.78, 5) is 0. The fourth-order valence-electron chi connectivity index (χ4n) is 1.23. The van der Waals surface area contributed by atoms with E-state index in [0.717, 1.165) is 5.56 Å². The van der Waals surface area contributed by atoms with Gasteiger partial charge < -0.3 is 15.2 Å². The molecule has 0 bridgehead atoms. The topological polar surface area (TPSA) is 44.5 Å². The second kappa shape index (κ2) is 5.50. The van der Waals surface area contributed by atoms with Crippen molar-refractivity contribution in [2.75, 3.05) is 13.7 Å². The first-order valence-corrected chi connectivity index (χ1v) is 4.49. The summed E-state index contributed by atoms with van der Waals surface area (Å²) in [5, 5.41) is 0. The fourth-order valence-corrected chi connectivity index (χ4v) is 1.23. The number of halogens is 2. The van der Waals surface area contributed by atoms with E-state index in [1.807, 2.05) is 0 Å². The summed E-state index contributed by atoms with van der Waals surface area (Å²) in [5.74, 6) is 0.328. The Bertz CT molecular complexity index is 318. The summed E-state index contributed by atoms with van der Waals surface area (Å²) in [6, 6.07) is 4.79. The summed E-state index contributed by atoms with van der Waals surface area (Å²) >= 11 is 0. The second-order valence-corrected chi connectivity index (χ2v) is 2.90. The van der Waals surface area contributed by atoms with Crippen molar-refractivity contribution < 1.29 is 18.3 Å². The average molecular weight is 217 g/mol. The molecule has 0 saturated carbocycles. The molecule has 1 aromatic rings. The maximum atomic E-state index is 12.0. The van der Waals surface area contributed by atoms with Gasteiger partial charge in [0.25, 0.3) is 0 Å². The Morgan fingerprint density at radius 1 is 1.33 bits per heavy atom. The molecule has 0 radical (unpaired) electrons. The van der Waals surface area contributed by atoms with Crippen LogP contribution in [0.4, 0.5) is 8.78 Å².